The minimum Gasteiger partial charge on any atom is -0.505 e. The zero-order valence-corrected chi connectivity index (χ0v) is 21.8. The van der Waals surface area contributed by atoms with Crippen molar-refractivity contribution < 1.29 is 33.6 Å². The average Bonchev–Trinajstić information content (AvgIpc) is 3.04. The number of nitrogens with zero attached hydrogens (tertiary/aromatic N) is 2. The molecule has 13 heteroatoms. The van der Waals surface area contributed by atoms with Crippen LogP contribution in [-0.2, 0) is 21.3 Å². The van der Waals surface area contributed by atoms with Gasteiger partial charge in [-0.15, -0.1) is 0 Å². The molecule has 1 aliphatic heterocycles. The summed E-state index contributed by atoms with van der Waals surface area (Å²) in [6.45, 7) is 5.05. The Morgan fingerprint density at radius 3 is 2.57 bits per heavy atom. The summed E-state index contributed by atoms with van der Waals surface area (Å²) < 4.78 is 37.4. The van der Waals surface area contributed by atoms with Crippen LogP contribution < -0.4 is 21.1 Å². The van der Waals surface area contributed by atoms with Crippen molar-refractivity contribution in [2.24, 2.45) is 10.5 Å². The van der Waals surface area contributed by atoms with Gasteiger partial charge in [-0.05, 0) is 35.9 Å². The number of fused-ring (bicyclic) bond motifs is 1. The van der Waals surface area contributed by atoms with Crippen LogP contribution in [0.2, 0.25) is 5.02 Å². The first-order valence-corrected chi connectivity index (χ1v) is 13.0. The Balaban J connectivity index is 1.80. The molecule has 3 aromatic rings. The predicted molar refractivity (Wildman–Crippen MR) is 138 cm³/mol. The van der Waals surface area contributed by atoms with Crippen molar-refractivity contribution in [3.05, 3.63) is 64.1 Å². The highest BCUT2D eigenvalue weighted by molar-refractivity contribution is 7.65. The number of carbonyl (C=O) groups excluding carboxylic acids is 1. The monoisotopic (exact) mass is 550 g/mol. The van der Waals surface area contributed by atoms with Gasteiger partial charge in [0.05, 0.1) is 28.3 Å². The molecule has 10 nitrogen and oxygen atoms in total. The van der Waals surface area contributed by atoms with Crippen LogP contribution in [0, 0.1) is 5.82 Å². The van der Waals surface area contributed by atoms with Gasteiger partial charge in [0.15, 0.2) is 18.2 Å². The number of aromatic hydroxyl groups is 2. The highest BCUT2D eigenvalue weighted by atomic mass is 35.5. The number of ether oxygens (including phenoxy) is 1. The molecular weight excluding hydrogens is 526 g/mol. The van der Waals surface area contributed by atoms with E-state index < -0.39 is 37.1 Å². The van der Waals surface area contributed by atoms with E-state index in [-0.39, 0.29) is 45.5 Å². The van der Waals surface area contributed by atoms with E-state index in [9.17, 15) is 28.9 Å². The van der Waals surface area contributed by atoms with Crippen molar-refractivity contribution in [3.63, 3.8) is 0 Å². The average molecular weight is 551 g/mol. The SMILES string of the molecule is CC(C)(C)c1c(O)c(C2=NP(=O)(O)c3cc(OCC(N)=O)ccc3N2)c(O)n1Cc1ccc(F)c(Cl)c1. The van der Waals surface area contributed by atoms with Crippen molar-refractivity contribution in [2.45, 2.75) is 32.7 Å². The number of rotatable bonds is 6. The molecule has 196 valence electrons. The third-order valence-electron chi connectivity index (χ3n) is 5.63. The molecule has 37 heavy (non-hydrogen) atoms. The first kappa shape index (κ1) is 26.5. The molecule has 0 saturated carbocycles. The molecule has 2 heterocycles. The van der Waals surface area contributed by atoms with Crippen LogP contribution in [0.3, 0.4) is 0 Å². The number of nitrogens with two attached hydrogens (primary N) is 1. The highest BCUT2D eigenvalue weighted by Crippen LogP contribution is 2.50. The lowest BCUT2D eigenvalue weighted by Gasteiger charge is -2.23. The number of amidine groups is 1. The van der Waals surface area contributed by atoms with Crippen molar-refractivity contribution in [1.82, 2.24) is 4.57 Å². The molecular formula is C24H25ClFN4O6P. The third kappa shape index (κ3) is 5.16. The summed E-state index contributed by atoms with van der Waals surface area (Å²) in [5.74, 6) is -2.15. The minimum atomic E-state index is -4.40. The van der Waals surface area contributed by atoms with E-state index in [4.69, 9.17) is 22.1 Å². The number of carbonyl (C=O) groups is 1. The number of hydrogen-bond acceptors (Lipinski definition) is 6. The van der Waals surface area contributed by atoms with Crippen LogP contribution in [-0.4, -0.2) is 38.0 Å². The van der Waals surface area contributed by atoms with Gasteiger partial charge in [0.25, 0.3) is 5.91 Å². The second-order valence-electron chi connectivity index (χ2n) is 9.53. The molecule has 6 N–H and O–H groups in total. The Morgan fingerprint density at radius 1 is 1.24 bits per heavy atom. The molecule has 1 aromatic heterocycles. The molecule has 0 fully saturated rings. The van der Waals surface area contributed by atoms with Crippen molar-refractivity contribution in [2.75, 3.05) is 11.9 Å². The molecule has 1 atom stereocenters. The highest BCUT2D eigenvalue weighted by Gasteiger charge is 2.37. The largest absolute Gasteiger partial charge is 0.505 e. The molecule has 1 aliphatic rings. The maximum Gasteiger partial charge on any atom is 0.346 e. The van der Waals surface area contributed by atoms with E-state index in [0.717, 1.165) is 0 Å². The summed E-state index contributed by atoms with van der Waals surface area (Å²) in [4.78, 5) is 21.7. The number of benzene rings is 2. The number of primary amides is 1. The second-order valence-corrected chi connectivity index (χ2v) is 11.7. The van der Waals surface area contributed by atoms with Crippen LogP contribution in [0.5, 0.6) is 17.4 Å². The Kier molecular flexibility index (Phi) is 6.74. The van der Waals surface area contributed by atoms with Gasteiger partial charge in [0.2, 0.25) is 5.88 Å². The van der Waals surface area contributed by atoms with Crippen LogP contribution in [0.15, 0.2) is 41.2 Å². The van der Waals surface area contributed by atoms with Crippen molar-refractivity contribution in [3.8, 4) is 17.4 Å². The Hall–Kier alpha value is -3.53. The van der Waals surface area contributed by atoms with Crippen molar-refractivity contribution >= 4 is 41.9 Å². The van der Waals surface area contributed by atoms with E-state index in [1.165, 1.54) is 41.0 Å². The molecule has 0 spiro atoms. The number of aromatic nitrogens is 1. The fourth-order valence-corrected chi connectivity index (χ4v) is 5.57. The smallest absolute Gasteiger partial charge is 0.346 e. The summed E-state index contributed by atoms with van der Waals surface area (Å²) in [5, 5.41) is 25.1. The fourth-order valence-electron chi connectivity index (χ4n) is 4.10. The zero-order chi connectivity index (χ0) is 27.3. The number of nitrogens with one attached hydrogen (secondary N) is 1. The van der Waals surface area contributed by atoms with E-state index in [1.54, 1.807) is 0 Å². The van der Waals surface area contributed by atoms with Gasteiger partial charge < -0.3 is 35.5 Å². The summed E-state index contributed by atoms with van der Waals surface area (Å²) in [6, 6.07) is 8.27. The van der Waals surface area contributed by atoms with Gasteiger partial charge in [-0.25, -0.2) is 4.39 Å². The second kappa shape index (κ2) is 9.41. The number of amides is 1. The van der Waals surface area contributed by atoms with Crippen LogP contribution in [0.1, 0.15) is 37.6 Å². The van der Waals surface area contributed by atoms with Gasteiger partial charge in [-0.3, -0.25) is 9.36 Å². The summed E-state index contributed by atoms with van der Waals surface area (Å²) in [5.41, 5.74) is 5.27. The van der Waals surface area contributed by atoms with Gasteiger partial charge in [0.1, 0.15) is 17.1 Å². The van der Waals surface area contributed by atoms with Gasteiger partial charge >= 0.3 is 7.52 Å². The van der Waals surface area contributed by atoms with Crippen LogP contribution >= 0.6 is 19.1 Å². The normalized spacial score (nSPS) is 17.1. The Morgan fingerprint density at radius 2 is 1.95 bits per heavy atom. The zero-order valence-electron chi connectivity index (χ0n) is 20.1. The molecule has 0 radical (unpaired) electrons. The van der Waals surface area contributed by atoms with Gasteiger partial charge in [0, 0.05) is 5.41 Å². The summed E-state index contributed by atoms with van der Waals surface area (Å²) >= 11 is 5.92. The predicted octanol–water partition coefficient (Wildman–Crippen LogP) is 3.58. The quantitative estimate of drug-likeness (QED) is 0.293. The fraction of sp³-hybridized carbons (Fsp3) is 0.250. The number of halogens is 2. The molecule has 0 bridgehead atoms. The van der Waals surface area contributed by atoms with Gasteiger partial charge in [-0.2, -0.15) is 4.76 Å². The number of anilines is 1. The molecule has 1 unspecified atom stereocenters. The first-order chi connectivity index (χ1) is 17.2. The number of hydrogen-bond donors (Lipinski definition) is 5. The Bertz CT molecular complexity index is 1500. The first-order valence-electron chi connectivity index (χ1n) is 11.0. The van der Waals surface area contributed by atoms with Gasteiger partial charge in [-0.1, -0.05) is 38.4 Å². The van der Waals surface area contributed by atoms with E-state index in [2.05, 4.69) is 10.1 Å². The topological polar surface area (TPSA) is 159 Å². The van der Waals surface area contributed by atoms with Crippen LogP contribution in [0.25, 0.3) is 0 Å². The molecule has 4 rings (SSSR count). The summed E-state index contributed by atoms with van der Waals surface area (Å²) in [6.07, 6.45) is 0. The van der Waals surface area contributed by atoms with Crippen LogP contribution in [0.4, 0.5) is 10.1 Å². The summed E-state index contributed by atoms with van der Waals surface area (Å²) in [7, 11) is -4.40. The molecule has 0 aliphatic carbocycles. The molecule has 2 aromatic carbocycles. The lowest BCUT2D eigenvalue weighted by atomic mass is 9.91. The van der Waals surface area contributed by atoms with E-state index >= 15 is 0 Å². The maximum absolute atomic E-state index is 13.7. The maximum atomic E-state index is 13.7. The third-order valence-corrected chi connectivity index (χ3v) is 7.39. The van der Waals surface area contributed by atoms with Crippen molar-refractivity contribution in [1.29, 1.82) is 0 Å². The van der Waals surface area contributed by atoms with E-state index in [0.29, 0.717) is 11.3 Å². The standard InChI is InChI=1S/C24H25ClFN4O6P/c1-24(2,3)21-20(32)19(23(33)30(21)10-12-4-6-15(26)14(25)8-12)22-28-16-7-5-13(36-11-18(27)31)9-17(16)37(34,35)29-22/h4-9,32-33H,10-11H2,1-3H3,(H2,27,31)(H2,28,29,34,35). The van der Waals surface area contributed by atoms with E-state index in [1.807, 2.05) is 20.8 Å². The minimum absolute atomic E-state index is 0.0210. The lowest BCUT2D eigenvalue weighted by molar-refractivity contribution is -0.119. The Labute approximate surface area is 216 Å². The molecule has 0 saturated heterocycles. The molecule has 1 amide bonds. The lowest BCUT2D eigenvalue weighted by Crippen LogP contribution is -2.25.